The molecular formula is C4H7F3N2O2. The molecule has 7 heteroatoms. The molecule has 0 radical (unpaired) electrons. The van der Waals surface area contributed by atoms with Crippen LogP contribution in [0.15, 0.2) is 5.16 Å². The zero-order valence-electron chi connectivity index (χ0n) is 5.43. The molecule has 0 aliphatic carbocycles. The van der Waals surface area contributed by atoms with E-state index in [9.17, 15) is 13.2 Å². The number of hydrogen-bond acceptors (Lipinski definition) is 3. The number of ether oxygens (including phenoxy) is 1. The molecule has 0 aliphatic heterocycles. The molecule has 0 aromatic carbocycles. The van der Waals surface area contributed by atoms with E-state index in [1.165, 1.54) is 0 Å². The van der Waals surface area contributed by atoms with E-state index in [-0.39, 0.29) is 12.3 Å². The first-order valence-electron chi connectivity index (χ1n) is 2.63. The Kier molecular flexibility index (Phi) is 3.66. The molecule has 0 aliphatic rings. The third-order valence-corrected chi connectivity index (χ3v) is 0.752. The quantitative estimate of drug-likeness (QED) is 0.284. The van der Waals surface area contributed by atoms with E-state index in [2.05, 4.69) is 9.89 Å². The van der Waals surface area contributed by atoms with E-state index in [1.54, 1.807) is 0 Å². The van der Waals surface area contributed by atoms with Gasteiger partial charge in [0.15, 0.2) is 0 Å². The summed E-state index contributed by atoms with van der Waals surface area (Å²) in [5, 5.41) is 10.3. The molecular weight excluding hydrogens is 165 g/mol. The molecule has 0 amide bonds. The van der Waals surface area contributed by atoms with Gasteiger partial charge in [0.1, 0.15) is 5.84 Å². The van der Waals surface area contributed by atoms with Crippen LogP contribution in [-0.2, 0) is 4.74 Å². The van der Waals surface area contributed by atoms with Gasteiger partial charge in [0, 0.05) is 6.42 Å². The van der Waals surface area contributed by atoms with Gasteiger partial charge in [0.25, 0.3) is 0 Å². The van der Waals surface area contributed by atoms with E-state index < -0.39 is 13.0 Å². The summed E-state index contributed by atoms with van der Waals surface area (Å²) in [6, 6.07) is 0. The Morgan fingerprint density at radius 1 is 1.55 bits per heavy atom. The molecule has 0 aromatic rings. The number of halogens is 3. The minimum Gasteiger partial charge on any atom is -0.409 e. The van der Waals surface area contributed by atoms with Crippen LogP contribution in [0.2, 0.25) is 0 Å². The summed E-state index contributed by atoms with van der Waals surface area (Å²) in [5.74, 6) is -0.297. The van der Waals surface area contributed by atoms with Gasteiger partial charge < -0.3 is 10.9 Å². The molecule has 66 valence electrons. The summed E-state index contributed by atoms with van der Waals surface area (Å²) in [6.07, 6.45) is -4.91. The molecule has 0 rings (SSSR count). The molecule has 0 unspecified atom stereocenters. The summed E-state index contributed by atoms with van der Waals surface area (Å²) in [6.45, 7) is -0.639. The van der Waals surface area contributed by atoms with Crippen molar-refractivity contribution in [3.8, 4) is 0 Å². The lowest BCUT2D eigenvalue weighted by molar-refractivity contribution is -0.323. The van der Waals surface area contributed by atoms with Crippen LogP contribution in [0, 0.1) is 0 Å². The van der Waals surface area contributed by atoms with E-state index >= 15 is 0 Å². The predicted molar refractivity (Wildman–Crippen MR) is 30.0 cm³/mol. The lowest BCUT2D eigenvalue weighted by Gasteiger charge is -2.05. The molecule has 0 spiro atoms. The van der Waals surface area contributed by atoms with Crippen molar-refractivity contribution in [1.82, 2.24) is 0 Å². The molecule has 0 heterocycles. The van der Waals surface area contributed by atoms with Crippen LogP contribution in [0.3, 0.4) is 0 Å². The van der Waals surface area contributed by atoms with Gasteiger partial charge in [-0.25, -0.2) is 0 Å². The lowest BCUT2D eigenvalue weighted by atomic mass is 10.4. The smallest absolute Gasteiger partial charge is 0.409 e. The Labute approximate surface area is 60.4 Å². The van der Waals surface area contributed by atoms with Crippen molar-refractivity contribution in [3.63, 3.8) is 0 Å². The number of amidine groups is 1. The zero-order chi connectivity index (χ0) is 8.91. The number of hydrogen-bond donors (Lipinski definition) is 2. The zero-order valence-corrected chi connectivity index (χ0v) is 5.43. The van der Waals surface area contributed by atoms with Crippen molar-refractivity contribution in [2.75, 3.05) is 6.61 Å². The second-order valence-electron chi connectivity index (χ2n) is 1.64. The number of nitrogens with zero attached hydrogens (tertiary/aromatic N) is 1. The van der Waals surface area contributed by atoms with Crippen molar-refractivity contribution < 1.29 is 23.1 Å². The summed E-state index contributed by atoms with van der Waals surface area (Å²) >= 11 is 0. The molecule has 4 nitrogen and oxygen atoms in total. The van der Waals surface area contributed by atoms with E-state index in [4.69, 9.17) is 10.9 Å². The Hall–Kier alpha value is -0.980. The van der Waals surface area contributed by atoms with Crippen LogP contribution in [0.25, 0.3) is 0 Å². The number of nitrogens with two attached hydrogens (primary N) is 1. The summed E-state index contributed by atoms with van der Waals surface area (Å²) in [7, 11) is 0. The number of rotatable bonds is 3. The summed E-state index contributed by atoms with van der Waals surface area (Å²) in [5.41, 5.74) is 4.85. The summed E-state index contributed by atoms with van der Waals surface area (Å²) in [4.78, 5) is 0. The van der Waals surface area contributed by atoms with Gasteiger partial charge in [0.05, 0.1) is 6.61 Å². The molecule has 0 atom stereocenters. The Morgan fingerprint density at radius 3 is 2.45 bits per heavy atom. The highest BCUT2D eigenvalue weighted by Crippen LogP contribution is 2.15. The Morgan fingerprint density at radius 2 is 2.09 bits per heavy atom. The average molecular weight is 172 g/mol. The Bertz CT molecular complexity index is 145. The average Bonchev–Trinajstić information content (AvgIpc) is 1.85. The SMILES string of the molecule is NC(CCOC(F)(F)F)=NO. The minimum absolute atomic E-state index is 0.254. The maximum Gasteiger partial charge on any atom is 0.522 e. The first kappa shape index (κ1) is 10.0. The van der Waals surface area contributed by atoms with Crippen molar-refractivity contribution >= 4 is 5.84 Å². The molecule has 0 aromatic heterocycles. The van der Waals surface area contributed by atoms with Crippen molar-refractivity contribution in [2.45, 2.75) is 12.8 Å². The second kappa shape index (κ2) is 4.02. The van der Waals surface area contributed by atoms with Gasteiger partial charge in [0.2, 0.25) is 0 Å². The Balaban J connectivity index is 3.43. The fourth-order valence-electron chi connectivity index (χ4n) is 0.321. The third-order valence-electron chi connectivity index (χ3n) is 0.752. The highest BCUT2D eigenvalue weighted by Gasteiger charge is 2.28. The van der Waals surface area contributed by atoms with Gasteiger partial charge in [-0.15, -0.1) is 13.2 Å². The van der Waals surface area contributed by atoms with Crippen LogP contribution in [0.4, 0.5) is 13.2 Å². The fraction of sp³-hybridized carbons (Fsp3) is 0.750. The molecule has 11 heavy (non-hydrogen) atoms. The van der Waals surface area contributed by atoms with E-state index in [0.717, 1.165) is 0 Å². The highest BCUT2D eigenvalue weighted by molar-refractivity contribution is 5.79. The first-order valence-corrected chi connectivity index (χ1v) is 2.63. The number of oxime groups is 1. The first-order chi connectivity index (χ1) is 4.95. The molecule has 0 bridgehead atoms. The van der Waals surface area contributed by atoms with E-state index in [1.807, 2.05) is 0 Å². The van der Waals surface area contributed by atoms with Crippen molar-refractivity contribution in [1.29, 1.82) is 0 Å². The standard InChI is InChI=1S/C4H7F3N2O2/c5-4(6,7)11-2-1-3(8)9-10/h10H,1-2H2,(H2,8,9). The van der Waals surface area contributed by atoms with Crippen molar-refractivity contribution in [2.24, 2.45) is 10.9 Å². The molecule has 0 fully saturated rings. The topological polar surface area (TPSA) is 67.8 Å². The predicted octanol–water partition coefficient (Wildman–Crippen LogP) is 0.659. The van der Waals surface area contributed by atoms with Gasteiger partial charge in [-0.2, -0.15) is 0 Å². The van der Waals surface area contributed by atoms with Crippen LogP contribution in [0.1, 0.15) is 6.42 Å². The van der Waals surface area contributed by atoms with Gasteiger partial charge >= 0.3 is 6.36 Å². The van der Waals surface area contributed by atoms with Crippen LogP contribution < -0.4 is 5.73 Å². The third kappa shape index (κ3) is 6.91. The summed E-state index contributed by atoms with van der Waals surface area (Å²) < 4.78 is 37.1. The highest BCUT2D eigenvalue weighted by atomic mass is 19.4. The number of alkyl halides is 3. The second-order valence-corrected chi connectivity index (χ2v) is 1.64. The molecule has 3 N–H and O–H groups in total. The maximum absolute atomic E-state index is 11.2. The van der Waals surface area contributed by atoms with Gasteiger partial charge in [-0.3, -0.25) is 4.74 Å². The molecule has 0 saturated heterocycles. The van der Waals surface area contributed by atoms with Crippen LogP contribution >= 0.6 is 0 Å². The van der Waals surface area contributed by atoms with Gasteiger partial charge in [-0.05, 0) is 0 Å². The fourth-order valence-corrected chi connectivity index (χ4v) is 0.321. The largest absolute Gasteiger partial charge is 0.522 e. The normalized spacial score (nSPS) is 13.5. The maximum atomic E-state index is 11.2. The minimum atomic E-state index is -4.66. The monoisotopic (exact) mass is 172 g/mol. The van der Waals surface area contributed by atoms with Crippen LogP contribution in [0.5, 0.6) is 0 Å². The van der Waals surface area contributed by atoms with Crippen molar-refractivity contribution in [3.05, 3.63) is 0 Å². The van der Waals surface area contributed by atoms with Gasteiger partial charge in [-0.1, -0.05) is 5.16 Å². The van der Waals surface area contributed by atoms with Crippen LogP contribution in [-0.4, -0.2) is 24.0 Å². The lowest BCUT2D eigenvalue weighted by Crippen LogP contribution is -2.19. The molecule has 0 saturated carbocycles. The van der Waals surface area contributed by atoms with E-state index in [0.29, 0.717) is 0 Å².